The highest BCUT2D eigenvalue weighted by atomic mass is 16.5. The number of aromatic hydroxyl groups is 2. The lowest BCUT2D eigenvalue weighted by molar-refractivity contribution is -0.147. The third-order valence-electron chi connectivity index (χ3n) is 3.45. The van der Waals surface area contributed by atoms with Crippen LogP contribution in [0.1, 0.15) is 29.6 Å². The lowest BCUT2D eigenvalue weighted by Gasteiger charge is -2.33. The molecule has 0 aromatic heterocycles. The number of methoxy groups -OCH3 is 1. The summed E-state index contributed by atoms with van der Waals surface area (Å²) in [4.78, 5) is 25.6. The van der Waals surface area contributed by atoms with Crippen LogP contribution in [-0.4, -0.2) is 46.7 Å². The molecule has 2 N–H and O–H groups in total. The van der Waals surface area contributed by atoms with Gasteiger partial charge in [0.2, 0.25) is 0 Å². The van der Waals surface area contributed by atoms with E-state index >= 15 is 0 Å². The number of rotatable bonds is 2. The van der Waals surface area contributed by atoms with Crippen molar-refractivity contribution in [1.29, 1.82) is 0 Å². The zero-order valence-electron chi connectivity index (χ0n) is 11.2. The molecule has 1 heterocycles. The van der Waals surface area contributed by atoms with Crippen molar-refractivity contribution in [3.05, 3.63) is 23.8 Å². The lowest BCUT2D eigenvalue weighted by atomic mass is 10.0. The van der Waals surface area contributed by atoms with Gasteiger partial charge in [-0.3, -0.25) is 4.79 Å². The molecule has 1 aliphatic rings. The molecule has 1 saturated heterocycles. The second-order valence-corrected chi connectivity index (χ2v) is 4.73. The van der Waals surface area contributed by atoms with Gasteiger partial charge in [-0.2, -0.15) is 0 Å². The largest absolute Gasteiger partial charge is 0.508 e. The van der Waals surface area contributed by atoms with Gasteiger partial charge in [-0.15, -0.1) is 0 Å². The fourth-order valence-corrected chi connectivity index (χ4v) is 2.41. The molecule has 0 aliphatic carbocycles. The molecule has 1 aliphatic heterocycles. The maximum atomic E-state index is 12.4. The van der Waals surface area contributed by atoms with Gasteiger partial charge in [0.1, 0.15) is 17.5 Å². The fourth-order valence-electron chi connectivity index (χ4n) is 2.41. The molecule has 1 unspecified atom stereocenters. The molecule has 0 spiro atoms. The number of piperidine rings is 1. The first-order valence-corrected chi connectivity index (χ1v) is 6.45. The van der Waals surface area contributed by atoms with E-state index in [9.17, 15) is 19.8 Å². The Kier molecular flexibility index (Phi) is 4.12. The van der Waals surface area contributed by atoms with Gasteiger partial charge >= 0.3 is 5.97 Å². The number of likely N-dealkylation sites (tertiary alicyclic amines) is 1. The number of hydrogen-bond acceptors (Lipinski definition) is 5. The van der Waals surface area contributed by atoms with E-state index in [0.29, 0.717) is 13.0 Å². The van der Waals surface area contributed by atoms with Crippen LogP contribution in [-0.2, 0) is 9.53 Å². The number of nitrogens with zero attached hydrogens (tertiary/aromatic N) is 1. The van der Waals surface area contributed by atoms with Gasteiger partial charge in [-0.25, -0.2) is 4.79 Å². The van der Waals surface area contributed by atoms with Gasteiger partial charge < -0.3 is 19.8 Å². The van der Waals surface area contributed by atoms with Gasteiger partial charge in [0, 0.05) is 12.6 Å². The van der Waals surface area contributed by atoms with Gasteiger partial charge in [-0.05, 0) is 31.4 Å². The molecule has 1 atom stereocenters. The van der Waals surface area contributed by atoms with Crippen LogP contribution in [0.15, 0.2) is 18.2 Å². The van der Waals surface area contributed by atoms with Crippen molar-refractivity contribution in [3.63, 3.8) is 0 Å². The topological polar surface area (TPSA) is 87.1 Å². The molecule has 0 radical (unpaired) electrons. The first-order chi connectivity index (χ1) is 9.54. The van der Waals surface area contributed by atoms with Crippen molar-refractivity contribution in [2.45, 2.75) is 25.3 Å². The number of carbonyl (C=O) groups excluding carboxylic acids is 2. The Bertz CT molecular complexity index is 528. The molecule has 6 nitrogen and oxygen atoms in total. The van der Waals surface area contributed by atoms with Crippen LogP contribution in [0.2, 0.25) is 0 Å². The fraction of sp³-hybridized carbons (Fsp3) is 0.429. The van der Waals surface area contributed by atoms with Crippen molar-refractivity contribution < 1.29 is 24.5 Å². The average Bonchev–Trinajstić information content (AvgIpc) is 2.46. The van der Waals surface area contributed by atoms with Crippen molar-refractivity contribution in [1.82, 2.24) is 4.90 Å². The number of amides is 1. The first-order valence-electron chi connectivity index (χ1n) is 6.45. The third kappa shape index (κ3) is 2.68. The molecule has 1 aromatic rings. The van der Waals surface area contributed by atoms with Crippen molar-refractivity contribution in [2.24, 2.45) is 0 Å². The smallest absolute Gasteiger partial charge is 0.328 e. The van der Waals surface area contributed by atoms with E-state index in [2.05, 4.69) is 0 Å². The van der Waals surface area contributed by atoms with Crippen molar-refractivity contribution >= 4 is 11.9 Å². The Balaban J connectivity index is 2.27. The summed E-state index contributed by atoms with van der Waals surface area (Å²) in [6, 6.07) is 3.15. The Morgan fingerprint density at radius 3 is 2.70 bits per heavy atom. The molecule has 1 fully saturated rings. The zero-order valence-corrected chi connectivity index (χ0v) is 11.2. The molecular formula is C14H17NO5. The molecule has 0 saturated carbocycles. The Morgan fingerprint density at radius 1 is 1.30 bits per heavy atom. The van der Waals surface area contributed by atoms with Crippen LogP contribution in [0, 0.1) is 0 Å². The second-order valence-electron chi connectivity index (χ2n) is 4.73. The first kappa shape index (κ1) is 14.2. The number of ether oxygens (including phenoxy) is 1. The molecule has 1 aromatic carbocycles. The van der Waals surface area contributed by atoms with Crippen LogP contribution in [0.4, 0.5) is 0 Å². The molecule has 108 valence electrons. The van der Waals surface area contributed by atoms with Crippen LogP contribution in [0.3, 0.4) is 0 Å². The quantitative estimate of drug-likeness (QED) is 0.796. The monoisotopic (exact) mass is 279 g/mol. The molecule has 0 bridgehead atoms. The number of hydrogen-bond donors (Lipinski definition) is 2. The maximum Gasteiger partial charge on any atom is 0.328 e. The lowest BCUT2D eigenvalue weighted by Crippen LogP contribution is -2.48. The summed E-state index contributed by atoms with van der Waals surface area (Å²) in [5, 5.41) is 19.0. The summed E-state index contributed by atoms with van der Waals surface area (Å²) in [6.45, 7) is 0.443. The number of carbonyl (C=O) groups is 2. The highest BCUT2D eigenvalue weighted by Crippen LogP contribution is 2.27. The predicted octanol–water partition coefficient (Wildman–Crippen LogP) is 1.27. The highest BCUT2D eigenvalue weighted by molar-refractivity contribution is 5.99. The summed E-state index contributed by atoms with van der Waals surface area (Å²) in [5.74, 6) is -1.31. The molecule has 2 rings (SSSR count). The van der Waals surface area contributed by atoms with Gasteiger partial charge in [0.25, 0.3) is 5.91 Å². The predicted molar refractivity (Wildman–Crippen MR) is 70.5 cm³/mol. The van der Waals surface area contributed by atoms with Crippen LogP contribution >= 0.6 is 0 Å². The summed E-state index contributed by atoms with van der Waals surface area (Å²) >= 11 is 0. The Morgan fingerprint density at radius 2 is 2.05 bits per heavy atom. The molecule has 20 heavy (non-hydrogen) atoms. The Labute approximate surface area is 116 Å². The standard InChI is InChI=1S/C14H17NO5/c1-20-14(19)11-4-2-3-7-15(11)13(18)10-6-5-9(16)8-12(10)17/h5-6,8,11,16-17H,2-4,7H2,1H3. The Hall–Kier alpha value is -2.24. The minimum Gasteiger partial charge on any atom is -0.508 e. The highest BCUT2D eigenvalue weighted by Gasteiger charge is 2.34. The van der Waals surface area contributed by atoms with Crippen LogP contribution in [0.25, 0.3) is 0 Å². The number of esters is 1. The van der Waals surface area contributed by atoms with Crippen LogP contribution < -0.4 is 0 Å². The van der Waals surface area contributed by atoms with Crippen molar-refractivity contribution in [2.75, 3.05) is 13.7 Å². The minimum atomic E-state index is -0.616. The van der Waals surface area contributed by atoms with E-state index in [1.54, 1.807) is 0 Å². The molecule has 1 amide bonds. The molecule has 6 heteroatoms. The average molecular weight is 279 g/mol. The van der Waals surface area contributed by atoms with Gasteiger partial charge in [0.05, 0.1) is 12.7 Å². The van der Waals surface area contributed by atoms with E-state index < -0.39 is 17.9 Å². The van der Waals surface area contributed by atoms with E-state index in [1.807, 2.05) is 0 Å². The summed E-state index contributed by atoms with van der Waals surface area (Å²) < 4.78 is 4.72. The van der Waals surface area contributed by atoms with E-state index in [0.717, 1.165) is 18.9 Å². The van der Waals surface area contributed by atoms with E-state index in [1.165, 1.54) is 24.1 Å². The van der Waals surface area contributed by atoms with Gasteiger partial charge in [-0.1, -0.05) is 0 Å². The SMILES string of the molecule is COC(=O)C1CCCCN1C(=O)c1ccc(O)cc1O. The summed E-state index contributed by atoms with van der Waals surface area (Å²) in [5.41, 5.74) is 0.0682. The normalized spacial score (nSPS) is 18.6. The van der Waals surface area contributed by atoms with Gasteiger partial charge in [0.15, 0.2) is 0 Å². The number of phenolic OH excluding ortho intramolecular Hbond substituents is 2. The van der Waals surface area contributed by atoms with E-state index in [-0.39, 0.29) is 17.1 Å². The summed E-state index contributed by atoms with van der Waals surface area (Å²) in [7, 11) is 1.29. The maximum absolute atomic E-state index is 12.4. The third-order valence-corrected chi connectivity index (χ3v) is 3.45. The zero-order chi connectivity index (χ0) is 14.7. The number of phenols is 2. The second kappa shape index (κ2) is 5.81. The van der Waals surface area contributed by atoms with Crippen LogP contribution in [0.5, 0.6) is 11.5 Å². The molecular weight excluding hydrogens is 262 g/mol. The number of benzene rings is 1. The van der Waals surface area contributed by atoms with Crippen molar-refractivity contribution in [3.8, 4) is 11.5 Å². The minimum absolute atomic E-state index is 0.0682. The summed E-state index contributed by atoms with van der Waals surface area (Å²) in [6.07, 6.45) is 2.21. The van der Waals surface area contributed by atoms with E-state index in [4.69, 9.17) is 4.74 Å².